The van der Waals surface area contributed by atoms with Crippen LogP contribution in [-0.2, 0) is 11.3 Å². The van der Waals surface area contributed by atoms with Crippen molar-refractivity contribution in [2.75, 3.05) is 0 Å². The first kappa shape index (κ1) is 11.6. The highest BCUT2D eigenvalue weighted by Crippen LogP contribution is 2.03. The molecule has 0 saturated carbocycles. The Kier molecular flexibility index (Phi) is 3.79. The molecule has 84 valence electrons. The van der Waals surface area contributed by atoms with E-state index in [2.05, 4.69) is 15.5 Å². The maximum Gasteiger partial charge on any atom is 0.320 e. The van der Waals surface area contributed by atoms with Crippen molar-refractivity contribution in [3.63, 3.8) is 0 Å². The number of hydrogen-bond acceptors (Lipinski definition) is 5. The molecule has 0 bridgehead atoms. The van der Waals surface area contributed by atoms with E-state index >= 15 is 0 Å². The van der Waals surface area contributed by atoms with Crippen molar-refractivity contribution in [3.8, 4) is 0 Å². The highest BCUT2D eigenvalue weighted by molar-refractivity contribution is 5.73. The van der Waals surface area contributed by atoms with Crippen molar-refractivity contribution < 1.29 is 14.4 Å². The maximum absolute atomic E-state index is 10.8. The van der Waals surface area contributed by atoms with Crippen LogP contribution < -0.4 is 5.32 Å². The number of hydrogen-bond donors (Lipinski definition) is 2. The lowest BCUT2D eigenvalue weighted by atomic mass is 10.1. The number of aliphatic carboxylic acids is 1. The van der Waals surface area contributed by atoms with E-state index in [-0.39, 0.29) is 5.92 Å². The minimum atomic E-state index is -0.870. The summed E-state index contributed by atoms with van der Waals surface area (Å²) in [5.74, 6) is 0.0864. The Balaban J connectivity index is 2.50. The second-order valence-corrected chi connectivity index (χ2v) is 3.67. The lowest BCUT2D eigenvalue weighted by Gasteiger charge is -2.16. The molecular weight excluding hydrogens is 198 g/mol. The lowest BCUT2D eigenvalue weighted by molar-refractivity contribution is -0.140. The van der Waals surface area contributed by atoms with Crippen LogP contribution in [0.4, 0.5) is 0 Å². The van der Waals surface area contributed by atoms with Crippen LogP contribution in [0.1, 0.15) is 25.6 Å². The molecule has 1 aromatic heterocycles. The summed E-state index contributed by atoms with van der Waals surface area (Å²) in [7, 11) is 0. The highest BCUT2D eigenvalue weighted by atomic mass is 16.5. The Labute approximate surface area is 87.7 Å². The Bertz CT molecular complexity index is 335. The third-order valence-corrected chi connectivity index (χ3v) is 1.98. The third-order valence-electron chi connectivity index (χ3n) is 1.98. The summed E-state index contributed by atoms with van der Waals surface area (Å²) in [5, 5.41) is 15.4. The zero-order valence-corrected chi connectivity index (χ0v) is 9.02. The predicted molar refractivity (Wildman–Crippen MR) is 52.1 cm³/mol. The van der Waals surface area contributed by atoms with Crippen LogP contribution in [0.2, 0.25) is 0 Å². The molecule has 0 aliphatic heterocycles. The van der Waals surface area contributed by atoms with Gasteiger partial charge in [0.05, 0.1) is 6.54 Å². The molecule has 1 unspecified atom stereocenters. The minimum absolute atomic E-state index is 0.00972. The fourth-order valence-corrected chi connectivity index (χ4v) is 1.22. The molecule has 6 heteroatoms. The van der Waals surface area contributed by atoms with Crippen molar-refractivity contribution >= 4 is 5.97 Å². The standard InChI is InChI=1S/C9H15N3O3/c1-5(2)8(9(13)14)10-4-7-11-6(3)15-12-7/h5,8,10H,4H2,1-3H3,(H,13,14). The molecule has 6 nitrogen and oxygen atoms in total. The molecule has 0 spiro atoms. The van der Waals surface area contributed by atoms with E-state index in [1.54, 1.807) is 6.92 Å². The van der Waals surface area contributed by atoms with E-state index in [9.17, 15) is 4.79 Å². The van der Waals surface area contributed by atoms with Gasteiger partial charge in [-0.3, -0.25) is 10.1 Å². The first-order valence-electron chi connectivity index (χ1n) is 4.76. The Morgan fingerprint density at radius 3 is 2.67 bits per heavy atom. The summed E-state index contributed by atoms with van der Waals surface area (Å²) >= 11 is 0. The van der Waals surface area contributed by atoms with Gasteiger partial charge in [-0.2, -0.15) is 4.98 Å². The van der Waals surface area contributed by atoms with Crippen molar-refractivity contribution in [1.82, 2.24) is 15.5 Å². The van der Waals surface area contributed by atoms with Crippen molar-refractivity contribution in [2.45, 2.75) is 33.4 Å². The van der Waals surface area contributed by atoms with Gasteiger partial charge >= 0.3 is 5.97 Å². The van der Waals surface area contributed by atoms with Gasteiger partial charge in [-0.15, -0.1) is 0 Å². The van der Waals surface area contributed by atoms with E-state index in [1.807, 2.05) is 13.8 Å². The number of carboxylic acids is 1. The van der Waals surface area contributed by atoms with Gasteiger partial charge in [0.25, 0.3) is 0 Å². The number of carbonyl (C=O) groups is 1. The molecule has 0 aromatic carbocycles. The van der Waals surface area contributed by atoms with Gasteiger partial charge in [-0.05, 0) is 5.92 Å². The molecular formula is C9H15N3O3. The molecule has 1 rings (SSSR count). The van der Waals surface area contributed by atoms with E-state index in [0.717, 1.165) is 0 Å². The number of nitrogens with one attached hydrogen (secondary N) is 1. The molecule has 0 aliphatic rings. The van der Waals surface area contributed by atoms with Crippen LogP contribution in [0.3, 0.4) is 0 Å². The average molecular weight is 213 g/mol. The molecule has 1 atom stereocenters. The van der Waals surface area contributed by atoms with Gasteiger partial charge in [0.2, 0.25) is 5.89 Å². The summed E-state index contributed by atoms with van der Waals surface area (Å²) in [4.78, 5) is 14.8. The second kappa shape index (κ2) is 4.88. The van der Waals surface area contributed by atoms with Gasteiger partial charge in [-0.25, -0.2) is 0 Å². The fraction of sp³-hybridized carbons (Fsp3) is 0.667. The van der Waals surface area contributed by atoms with Gasteiger partial charge in [0.15, 0.2) is 5.82 Å². The van der Waals surface area contributed by atoms with Crippen LogP contribution >= 0.6 is 0 Å². The largest absolute Gasteiger partial charge is 0.480 e. The number of carboxylic acid groups (broad SMARTS) is 1. The molecule has 0 radical (unpaired) electrons. The van der Waals surface area contributed by atoms with E-state index < -0.39 is 12.0 Å². The SMILES string of the molecule is Cc1nc(CNC(C(=O)O)C(C)C)no1. The average Bonchev–Trinajstić information content (AvgIpc) is 2.50. The fourth-order valence-electron chi connectivity index (χ4n) is 1.22. The summed E-state index contributed by atoms with van der Waals surface area (Å²) in [5.41, 5.74) is 0. The molecule has 2 N–H and O–H groups in total. The highest BCUT2D eigenvalue weighted by Gasteiger charge is 2.21. The number of aryl methyl sites for hydroxylation is 1. The molecule has 1 aromatic rings. The van der Waals surface area contributed by atoms with Crippen LogP contribution in [0.5, 0.6) is 0 Å². The van der Waals surface area contributed by atoms with Gasteiger partial charge in [0, 0.05) is 6.92 Å². The number of rotatable bonds is 5. The first-order valence-corrected chi connectivity index (χ1v) is 4.76. The van der Waals surface area contributed by atoms with Crippen molar-refractivity contribution in [2.24, 2.45) is 5.92 Å². The van der Waals surface area contributed by atoms with Crippen LogP contribution in [0.25, 0.3) is 0 Å². The Hall–Kier alpha value is -1.43. The third kappa shape index (κ3) is 3.32. The molecule has 15 heavy (non-hydrogen) atoms. The summed E-state index contributed by atoms with van der Waals surface area (Å²) in [6, 6.07) is -0.594. The quantitative estimate of drug-likeness (QED) is 0.743. The van der Waals surface area contributed by atoms with E-state index in [0.29, 0.717) is 18.3 Å². The first-order chi connectivity index (χ1) is 7.00. The maximum atomic E-state index is 10.8. The van der Waals surface area contributed by atoms with Crippen molar-refractivity contribution in [1.29, 1.82) is 0 Å². The molecule has 1 heterocycles. The normalized spacial score (nSPS) is 13.1. The van der Waals surface area contributed by atoms with E-state index in [4.69, 9.17) is 9.63 Å². The van der Waals surface area contributed by atoms with Crippen LogP contribution in [-0.4, -0.2) is 27.3 Å². The molecule has 0 saturated heterocycles. The molecule has 0 amide bonds. The summed E-state index contributed by atoms with van der Waals surface area (Å²) in [6.07, 6.45) is 0. The van der Waals surface area contributed by atoms with Crippen molar-refractivity contribution in [3.05, 3.63) is 11.7 Å². The smallest absolute Gasteiger partial charge is 0.320 e. The monoisotopic (exact) mass is 213 g/mol. The van der Waals surface area contributed by atoms with Crippen LogP contribution in [0, 0.1) is 12.8 Å². The predicted octanol–water partition coefficient (Wildman–Crippen LogP) is 0.577. The molecule has 0 fully saturated rings. The second-order valence-electron chi connectivity index (χ2n) is 3.67. The zero-order chi connectivity index (χ0) is 11.4. The van der Waals surface area contributed by atoms with Gasteiger partial charge in [0.1, 0.15) is 6.04 Å². The number of nitrogens with zero attached hydrogens (tertiary/aromatic N) is 2. The molecule has 0 aliphatic carbocycles. The summed E-state index contributed by atoms with van der Waals surface area (Å²) < 4.78 is 4.77. The Morgan fingerprint density at radius 1 is 1.60 bits per heavy atom. The topological polar surface area (TPSA) is 88.2 Å². The van der Waals surface area contributed by atoms with Crippen LogP contribution in [0.15, 0.2) is 4.52 Å². The van der Waals surface area contributed by atoms with Gasteiger partial charge in [-0.1, -0.05) is 19.0 Å². The zero-order valence-electron chi connectivity index (χ0n) is 9.02. The van der Waals surface area contributed by atoms with E-state index in [1.165, 1.54) is 0 Å². The lowest BCUT2D eigenvalue weighted by Crippen LogP contribution is -2.40. The minimum Gasteiger partial charge on any atom is -0.480 e. The Morgan fingerprint density at radius 2 is 2.27 bits per heavy atom. The van der Waals surface area contributed by atoms with Gasteiger partial charge < -0.3 is 9.63 Å². The number of aromatic nitrogens is 2. The summed E-state index contributed by atoms with van der Waals surface area (Å²) in [6.45, 7) is 5.67.